The predicted octanol–water partition coefficient (Wildman–Crippen LogP) is 2.91. The number of aryl methyl sites for hydroxylation is 3. The first-order chi connectivity index (χ1) is 5.65. The van der Waals surface area contributed by atoms with Crippen LogP contribution in [0, 0.1) is 20.8 Å². The minimum atomic E-state index is 0.685. The number of rotatable bonds is 2. The van der Waals surface area contributed by atoms with Gasteiger partial charge >= 0.3 is 0 Å². The summed E-state index contributed by atoms with van der Waals surface area (Å²) in [5.41, 5.74) is 5.12. The molecule has 0 unspecified atom stereocenters. The highest BCUT2D eigenvalue weighted by Crippen LogP contribution is 2.21. The lowest BCUT2D eigenvalue weighted by atomic mass is 10.1. The summed E-state index contributed by atoms with van der Waals surface area (Å²) in [7, 11) is 0. The number of nitrogens with one attached hydrogen (secondary N) is 1. The third-order valence-corrected chi connectivity index (χ3v) is 2.09. The molecule has 0 atom stereocenters. The molecule has 12 heavy (non-hydrogen) atoms. The second-order valence-corrected chi connectivity index (χ2v) is 3.42. The summed E-state index contributed by atoms with van der Waals surface area (Å²) in [5.74, 6) is 0.685. The third-order valence-electron chi connectivity index (χ3n) is 1.93. The Hall–Kier alpha value is -0.630. The molecule has 0 fully saturated rings. The van der Waals surface area contributed by atoms with E-state index >= 15 is 0 Å². The molecule has 1 N–H and O–H groups in total. The van der Waals surface area contributed by atoms with E-state index in [1.807, 2.05) is 0 Å². The molecular weight excluding hydrogens is 166 g/mol. The summed E-state index contributed by atoms with van der Waals surface area (Å²) in [6.45, 7) is 6.35. The van der Waals surface area contributed by atoms with Crippen molar-refractivity contribution in [3.8, 4) is 0 Å². The highest BCUT2D eigenvalue weighted by Gasteiger charge is 2.00. The summed E-state index contributed by atoms with van der Waals surface area (Å²) in [4.78, 5) is 0. The van der Waals surface area contributed by atoms with E-state index in [2.05, 4.69) is 50.8 Å². The predicted molar refractivity (Wildman–Crippen MR) is 58.1 cm³/mol. The maximum atomic E-state index is 4.14. The van der Waals surface area contributed by atoms with Crippen molar-refractivity contribution in [2.45, 2.75) is 20.8 Å². The second kappa shape index (κ2) is 3.85. The molecular formula is C10H15NS. The van der Waals surface area contributed by atoms with Gasteiger partial charge in [0.05, 0.1) is 5.88 Å². The molecule has 66 valence electrons. The van der Waals surface area contributed by atoms with Crippen molar-refractivity contribution in [2.24, 2.45) is 0 Å². The van der Waals surface area contributed by atoms with Gasteiger partial charge in [0.2, 0.25) is 0 Å². The SMILES string of the molecule is Cc1cc(C)c(NCS)c(C)c1. The van der Waals surface area contributed by atoms with Crippen LogP contribution >= 0.6 is 12.6 Å². The first-order valence-electron chi connectivity index (χ1n) is 4.07. The largest absolute Gasteiger partial charge is 0.376 e. The van der Waals surface area contributed by atoms with Gasteiger partial charge in [-0.05, 0) is 31.9 Å². The Morgan fingerprint density at radius 3 is 2.08 bits per heavy atom. The van der Waals surface area contributed by atoms with Gasteiger partial charge in [0.1, 0.15) is 0 Å². The van der Waals surface area contributed by atoms with Crippen LogP contribution in [0.15, 0.2) is 12.1 Å². The molecule has 0 heterocycles. The summed E-state index contributed by atoms with van der Waals surface area (Å²) in [6, 6.07) is 4.36. The van der Waals surface area contributed by atoms with E-state index in [4.69, 9.17) is 0 Å². The van der Waals surface area contributed by atoms with Gasteiger partial charge in [0, 0.05) is 5.69 Å². The monoisotopic (exact) mass is 181 g/mol. The van der Waals surface area contributed by atoms with Crippen LogP contribution in [0.5, 0.6) is 0 Å². The van der Waals surface area contributed by atoms with Gasteiger partial charge in [-0.1, -0.05) is 17.7 Å². The molecule has 0 radical (unpaired) electrons. The quantitative estimate of drug-likeness (QED) is 0.528. The molecule has 1 rings (SSSR count). The molecule has 0 saturated carbocycles. The van der Waals surface area contributed by atoms with Crippen LogP contribution in [-0.2, 0) is 0 Å². The Balaban J connectivity index is 3.10. The van der Waals surface area contributed by atoms with Gasteiger partial charge in [-0.25, -0.2) is 0 Å². The van der Waals surface area contributed by atoms with Crippen LogP contribution in [0.3, 0.4) is 0 Å². The zero-order chi connectivity index (χ0) is 9.14. The maximum Gasteiger partial charge on any atom is 0.0581 e. The number of thiol groups is 1. The fourth-order valence-electron chi connectivity index (χ4n) is 1.54. The Kier molecular flexibility index (Phi) is 3.04. The van der Waals surface area contributed by atoms with E-state index in [9.17, 15) is 0 Å². The minimum absolute atomic E-state index is 0.685. The van der Waals surface area contributed by atoms with Gasteiger partial charge in [0.15, 0.2) is 0 Å². The molecule has 0 bridgehead atoms. The van der Waals surface area contributed by atoms with Gasteiger partial charge < -0.3 is 5.32 Å². The van der Waals surface area contributed by atoms with Crippen LogP contribution in [0.4, 0.5) is 5.69 Å². The molecule has 1 aromatic rings. The third kappa shape index (κ3) is 1.95. The Labute approximate surface area is 79.6 Å². The van der Waals surface area contributed by atoms with Gasteiger partial charge in [-0.15, -0.1) is 0 Å². The zero-order valence-corrected chi connectivity index (χ0v) is 8.70. The van der Waals surface area contributed by atoms with Crippen molar-refractivity contribution >= 4 is 18.3 Å². The van der Waals surface area contributed by atoms with E-state index in [1.54, 1.807) is 0 Å². The molecule has 1 aromatic carbocycles. The Bertz CT molecular complexity index is 258. The average molecular weight is 181 g/mol. The number of hydrogen-bond donors (Lipinski definition) is 2. The summed E-state index contributed by atoms with van der Waals surface area (Å²) >= 11 is 4.14. The Morgan fingerprint density at radius 1 is 1.17 bits per heavy atom. The first-order valence-corrected chi connectivity index (χ1v) is 4.71. The molecule has 0 aliphatic heterocycles. The molecule has 0 aliphatic rings. The standard InChI is InChI=1S/C10H15NS/c1-7-4-8(2)10(11-6-12)9(3)5-7/h4-5,11-12H,6H2,1-3H3. The van der Waals surface area contributed by atoms with Crippen LogP contribution < -0.4 is 5.32 Å². The van der Waals surface area contributed by atoms with Gasteiger partial charge in [-0.3, -0.25) is 0 Å². The second-order valence-electron chi connectivity index (χ2n) is 3.11. The lowest BCUT2D eigenvalue weighted by Gasteiger charge is -2.11. The lowest BCUT2D eigenvalue weighted by Crippen LogP contribution is -1.99. The topological polar surface area (TPSA) is 12.0 Å². The van der Waals surface area contributed by atoms with Crippen LogP contribution in [0.2, 0.25) is 0 Å². The molecule has 2 heteroatoms. The highest BCUT2D eigenvalue weighted by atomic mass is 32.1. The molecule has 0 saturated heterocycles. The first kappa shape index (κ1) is 9.46. The van der Waals surface area contributed by atoms with E-state index in [-0.39, 0.29) is 0 Å². The van der Waals surface area contributed by atoms with Crippen LogP contribution in [-0.4, -0.2) is 5.88 Å². The summed E-state index contributed by atoms with van der Waals surface area (Å²) in [6.07, 6.45) is 0. The lowest BCUT2D eigenvalue weighted by molar-refractivity contribution is 1.29. The van der Waals surface area contributed by atoms with Crippen molar-refractivity contribution in [3.05, 3.63) is 28.8 Å². The number of anilines is 1. The normalized spacial score (nSPS) is 10.0. The van der Waals surface area contributed by atoms with Gasteiger partial charge in [0.25, 0.3) is 0 Å². The molecule has 0 amide bonds. The van der Waals surface area contributed by atoms with E-state index in [1.165, 1.54) is 22.4 Å². The molecule has 0 spiro atoms. The summed E-state index contributed by atoms with van der Waals surface area (Å²) < 4.78 is 0. The maximum absolute atomic E-state index is 4.14. The minimum Gasteiger partial charge on any atom is -0.376 e. The molecule has 0 aromatic heterocycles. The Morgan fingerprint density at radius 2 is 1.67 bits per heavy atom. The number of hydrogen-bond acceptors (Lipinski definition) is 2. The van der Waals surface area contributed by atoms with Crippen LogP contribution in [0.1, 0.15) is 16.7 Å². The fourth-order valence-corrected chi connectivity index (χ4v) is 1.70. The molecule has 1 nitrogen and oxygen atoms in total. The van der Waals surface area contributed by atoms with Crippen molar-refractivity contribution in [2.75, 3.05) is 11.2 Å². The summed E-state index contributed by atoms with van der Waals surface area (Å²) in [5, 5.41) is 3.24. The molecule has 0 aliphatic carbocycles. The van der Waals surface area contributed by atoms with Crippen molar-refractivity contribution in [1.82, 2.24) is 0 Å². The average Bonchev–Trinajstić information content (AvgIpc) is 1.96. The zero-order valence-electron chi connectivity index (χ0n) is 7.81. The van der Waals surface area contributed by atoms with Crippen molar-refractivity contribution < 1.29 is 0 Å². The number of benzene rings is 1. The fraction of sp³-hybridized carbons (Fsp3) is 0.400. The van der Waals surface area contributed by atoms with Crippen molar-refractivity contribution in [3.63, 3.8) is 0 Å². The van der Waals surface area contributed by atoms with Crippen LogP contribution in [0.25, 0.3) is 0 Å². The van der Waals surface area contributed by atoms with E-state index < -0.39 is 0 Å². The van der Waals surface area contributed by atoms with Crippen molar-refractivity contribution in [1.29, 1.82) is 0 Å². The highest BCUT2D eigenvalue weighted by molar-refractivity contribution is 7.80. The van der Waals surface area contributed by atoms with E-state index in [0.29, 0.717) is 5.88 Å². The smallest absolute Gasteiger partial charge is 0.0581 e. The van der Waals surface area contributed by atoms with E-state index in [0.717, 1.165) is 0 Å². The van der Waals surface area contributed by atoms with Gasteiger partial charge in [-0.2, -0.15) is 12.6 Å².